The number of carbonyl (C=O) groups excluding carboxylic acids is 1. The fourth-order valence-electron chi connectivity index (χ4n) is 2.90. The quantitative estimate of drug-likeness (QED) is 0.716. The van der Waals surface area contributed by atoms with Gasteiger partial charge in [0, 0.05) is 24.5 Å². The number of hydrogen-bond acceptors (Lipinski definition) is 6. The second kappa shape index (κ2) is 7.48. The smallest absolute Gasteiger partial charge is 0.406 e. The first-order chi connectivity index (χ1) is 13.0. The van der Waals surface area contributed by atoms with Crippen LogP contribution in [0.25, 0.3) is 0 Å². The molecule has 1 saturated heterocycles. The number of alkyl halides is 3. The van der Waals surface area contributed by atoms with Crippen LogP contribution in [0.3, 0.4) is 0 Å². The van der Waals surface area contributed by atoms with Gasteiger partial charge < -0.3 is 4.42 Å². The normalized spacial score (nSPS) is 15.9. The summed E-state index contributed by atoms with van der Waals surface area (Å²) in [6.45, 7) is 2.10. The van der Waals surface area contributed by atoms with Gasteiger partial charge in [-0.05, 0) is 26.7 Å². The lowest BCUT2D eigenvalue weighted by Gasteiger charge is -2.20. The first-order valence-electron chi connectivity index (χ1n) is 8.40. The third-order valence-electron chi connectivity index (χ3n) is 4.19. The van der Waals surface area contributed by atoms with E-state index in [4.69, 9.17) is 4.42 Å². The monoisotopic (exact) mass is 437 g/mol. The molecule has 1 amide bonds. The van der Waals surface area contributed by atoms with Crippen LogP contribution >= 0.6 is 11.3 Å². The Labute approximate surface area is 163 Å². The van der Waals surface area contributed by atoms with E-state index in [1.165, 1.54) is 16.6 Å². The van der Waals surface area contributed by atoms with Crippen LogP contribution in [0.15, 0.2) is 20.8 Å². The van der Waals surface area contributed by atoms with Gasteiger partial charge >= 0.3 is 6.18 Å². The third-order valence-corrected chi connectivity index (χ3v) is 7.17. The second-order valence-electron chi connectivity index (χ2n) is 6.42. The molecule has 0 N–H and O–H groups in total. The number of nitrogens with zero attached hydrogens (tertiary/aromatic N) is 3. The van der Waals surface area contributed by atoms with Crippen LogP contribution in [0.4, 0.5) is 18.3 Å². The summed E-state index contributed by atoms with van der Waals surface area (Å²) in [7, 11) is -3.87. The summed E-state index contributed by atoms with van der Waals surface area (Å²) in [4.78, 5) is 16.9. The maximum Gasteiger partial charge on any atom is 0.406 e. The molecule has 0 aromatic carbocycles. The van der Waals surface area contributed by atoms with Crippen LogP contribution in [-0.4, -0.2) is 49.4 Å². The fourth-order valence-corrected chi connectivity index (χ4v) is 5.38. The highest BCUT2D eigenvalue weighted by Gasteiger charge is 2.38. The summed E-state index contributed by atoms with van der Waals surface area (Å²) in [5.41, 5.74) is 0.466. The van der Waals surface area contributed by atoms with E-state index in [2.05, 4.69) is 4.98 Å². The van der Waals surface area contributed by atoms with Gasteiger partial charge in [0.15, 0.2) is 10.9 Å². The Kier molecular flexibility index (Phi) is 5.56. The van der Waals surface area contributed by atoms with Crippen LogP contribution < -0.4 is 4.90 Å². The lowest BCUT2D eigenvalue weighted by molar-refractivity contribution is -0.118. The van der Waals surface area contributed by atoms with Crippen molar-refractivity contribution in [3.05, 3.63) is 28.7 Å². The first-order valence-corrected chi connectivity index (χ1v) is 10.7. The summed E-state index contributed by atoms with van der Waals surface area (Å²) < 4.78 is 71.0. The van der Waals surface area contributed by atoms with Gasteiger partial charge in [0.05, 0.1) is 5.69 Å². The number of halogens is 3. The molecule has 0 radical (unpaired) electrons. The van der Waals surface area contributed by atoms with Gasteiger partial charge in [-0.1, -0.05) is 0 Å². The maximum absolute atomic E-state index is 13.0. The van der Waals surface area contributed by atoms with Gasteiger partial charge in [-0.15, -0.1) is 11.3 Å². The Morgan fingerprint density at radius 3 is 2.50 bits per heavy atom. The van der Waals surface area contributed by atoms with Crippen molar-refractivity contribution in [3.63, 3.8) is 0 Å². The molecule has 7 nitrogen and oxygen atoms in total. The Hall–Kier alpha value is -1.92. The van der Waals surface area contributed by atoms with Crippen molar-refractivity contribution in [2.45, 2.75) is 37.8 Å². The number of thiazole rings is 1. The molecule has 0 bridgehead atoms. The second-order valence-corrected chi connectivity index (χ2v) is 9.16. The van der Waals surface area contributed by atoms with Crippen LogP contribution in [0, 0.1) is 13.8 Å². The summed E-state index contributed by atoms with van der Waals surface area (Å²) in [6.07, 6.45) is -3.21. The summed E-state index contributed by atoms with van der Waals surface area (Å²) in [5.74, 6) is -1.62. The van der Waals surface area contributed by atoms with Crippen molar-refractivity contribution >= 4 is 32.4 Å². The number of sulfonamides is 1. The number of aromatic nitrogens is 1. The molecule has 2 aromatic rings. The number of hydrogen-bond donors (Lipinski definition) is 0. The molecule has 0 unspecified atom stereocenters. The highest BCUT2D eigenvalue weighted by molar-refractivity contribution is 7.89. The maximum atomic E-state index is 13.0. The van der Waals surface area contributed by atoms with Gasteiger partial charge in [0.25, 0.3) is 5.91 Å². The minimum absolute atomic E-state index is 0.0440. The van der Waals surface area contributed by atoms with Crippen molar-refractivity contribution in [1.82, 2.24) is 9.29 Å². The number of amides is 1. The van der Waals surface area contributed by atoms with E-state index in [1.54, 1.807) is 6.92 Å². The van der Waals surface area contributed by atoms with Crippen molar-refractivity contribution in [2.75, 3.05) is 24.5 Å². The van der Waals surface area contributed by atoms with E-state index >= 15 is 0 Å². The van der Waals surface area contributed by atoms with E-state index in [0.29, 0.717) is 23.7 Å². The van der Waals surface area contributed by atoms with E-state index in [9.17, 15) is 26.4 Å². The molecule has 1 fully saturated rings. The van der Waals surface area contributed by atoms with Gasteiger partial charge in [0.2, 0.25) is 10.0 Å². The van der Waals surface area contributed by atoms with Crippen molar-refractivity contribution in [2.24, 2.45) is 0 Å². The highest BCUT2D eigenvalue weighted by atomic mass is 32.2. The lowest BCUT2D eigenvalue weighted by Crippen LogP contribution is -2.39. The molecule has 2 aromatic heterocycles. The van der Waals surface area contributed by atoms with Gasteiger partial charge in [-0.25, -0.2) is 13.4 Å². The number of aryl methyl sites for hydroxylation is 2. The van der Waals surface area contributed by atoms with E-state index in [-0.39, 0.29) is 15.8 Å². The zero-order valence-corrected chi connectivity index (χ0v) is 16.7. The average Bonchev–Trinajstić information content (AvgIpc) is 3.31. The Balaban J connectivity index is 1.96. The third kappa shape index (κ3) is 4.23. The van der Waals surface area contributed by atoms with E-state index < -0.39 is 34.4 Å². The molecule has 0 atom stereocenters. The van der Waals surface area contributed by atoms with E-state index in [0.717, 1.165) is 30.2 Å². The molecule has 3 heterocycles. The SMILES string of the molecule is Cc1csc(N(CC(F)(F)F)C(=O)c2cc(S(=O)(=O)N3CCCC3)c(C)o2)n1. The molecule has 0 aliphatic carbocycles. The molecule has 3 rings (SSSR count). The van der Waals surface area contributed by atoms with Gasteiger partial charge in [0.1, 0.15) is 17.2 Å². The fraction of sp³-hybridized carbons (Fsp3) is 0.500. The number of carbonyl (C=O) groups is 1. The number of anilines is 1. The standard InChI is InChI=1S/C16H18F3N3O4S2/c1-10-8-27-15(20-10)22(9-16(17,18)19)14(23)12-7-13(11(2)26-12)28(24,25)21-5-3-4-6-21/h7-8H,3-6,9H2,1-2H3. The lowest BCUT2D eigenvalue weighted by atomic mass is 10.3. The molecular weight excluding hydrogens is 419 g/mol. The molecule has 28 heavy (non-hydrogen) atoms. The number of furan rings is 1. The summed E-state index contributed by atoms with van der Waals surface area (Å²) >= 11 is 0.884. The Morgan fingerprint density at radius 2 is 1.96 bits per heavy atom. The van der Waals surface area contributed by atoms with Crippen LogP contribution in [0.2, 0.25) is 0 Å². The predicted molar refractivity (Wildman–Crippen MR) is 96.0 cm³/mol. The summed E-state index contributed by atoms with van der Waals surface area (Å²) in [5, 5.41) is 1.38. The number of rotatable bonds is 5. The van der Waals surface area contributed by atoms with Crippen molar-refractivity contribution in [1.29, 1.82) is 0 Å². The van der Waals surface area contributed by atoms with E-state index in [1.807, 2.05) is 0 Å². The summed E-state index contributed by atoms with van der Waals surface area (Å²) in [6, 6.07) is 0.995. The molecule has 1 aliphatic heterocycles. The predicted octanol–water partition coefficient (Wildman–Crippen LogP) is 3.35. The van der Waals surface area contributed by atoms with Crippen LogP contribution in [0.5, 0.6) is 0 Å². The minimum Gasteiger partial charge on any atom is -0.455 e. The molecular formula is C16H18F3N3O4S2. The first kappa shape index (κ1) is 20.8. The van der Waals surface area contributed by atoms with Crippen LogP contribution in [-0.2, 0) is 10.0 Å². The zero-order valence-electron chi connectivity index (χ0n) is 15.1. The largest absolute Gasteiger partial charge is 0.455 e. The highest BCUT2D eigenvalue weighted by Crippen LogP contribution is 2.30. The molecule has 0 saturated carbocycles. The molecule has 154 valence electrons. The van der Waals surface area contributed by atoms with Gasteiger partial charge in [-0.3, -0.25) is 9.69 Å². The molecule has 1 aliphatic rings. The molecule has 12 heteroatoms. The van der Waals surface area contributed by atoms with Crippen LogP contribution in [0.1, 0.15) is 34.9 Å². The Bertz CT molecular complexity index is 976. The molecule has 0 spiro atoms. The van der Waals surface area contributed by atoms with Gasteiger partial charge in [-0.2, -0.15) is 17.5 Å². The zero-order chi connectivity index (χ0) is 20.7. The minimum atomic E-state index is -4.67. The van der Waals surface area contributed by atoms with Crippen molar-refractivity contribution < 1.29 is 30.8 Å². The topological polar surface area (TPSA) is 83.7 Å². The average molecular weight is 437 g/mol. The Morgan fingerprint density at radius 1 is 1.32 bits per heavy atom. The van der Waals surface area contributed by atoms with Crippen molar-refractivity contribution in [3.8, 4) is 0 Å².